The second kappa shape index (κ2) is 9.12. The van der Waals surface area contributed by atoms with Gasteiger partial charge in [-0.15, -0.1) is 11.8 Å². The maximum absolute atomic E-state index is 10.6. The molecule has 0 N–H and O–H groups in total. The minimum Gasteiger partial charge on any atom is -0.469 e. The third-order valence-corrected chi connectivity index (χ3v) is 1.61. The van der Waals surface area contributed by atoms with Gasteiger partial charge in [-0.05, 0) is 6.42 Å². The number of carbonyl (C=O) groups is 1. The summed E-state index contributed by atoms with van der Waals surface area (Å²) in [6.07, 6.45) is 5.14. The maximum atomic E-state index is 10.6. The summed E-state index contributed by atoms with van der Waals surface area (Å²) < 4.78 is 4.48. The van der Waals surface area contributed by atoms with Gasteiger partial charge in [0.2, 0.25) is 0 Å². The summed E-state index contributed by atoms with van der Waals surface area (Å²) in [5, 5.41) is 0. The van der Waals surface area contributed by atoms with Crippen LogP contribution in [0.4, 0.5) is 0 Å². The van der Waals surface area contributed by atoms with Gasteiger partial charge in [-0.1, -0.05) is 19.8 Å². The zero-order valence-corrected chi connectivity index (χ0v) is 8.27. The molecule has 0 aromatic heterocycles. The van der Waals surface area contributed by atoms with Gasteiger partial charge in [-0.2, -0.15) is 0 Å². The standard InChI is InChI=1S/C11H17O2/c1-3-4-5-6-7-8-9-10-11(12)13-2/h1,3-6,9-10H2,2H3. The summed E-state index contributed by atoms with van der Waals surface area (Å²) in [5.41, 5.74) is 0. The third kappa shape index (κ3) is 8.94. The molecule has 2 nitrogen and oxygen atoms in total. The maximum Gasteiger partial charge on any atom is 0.306 e. The molecule has 0 saturated carbocycles. The van der Waals surface area contributed by atoms with E-state index in [1.54, 1.807) is 0 Å². The second-order valence-electron chi connectivity index (χ2n) is 2.74. The molecule has 0 atom stereocenters. The highest BCUT2D eigenvalue weighted by Gasteiger charge is 1.95. The lowest BCUT2D eigenvalue weighted by atomic mass is 10.2. The minimum absolute atomic E-state index is 0.188. The van der Waals surface area contributed by atoms with Crippen LogP contribution in [-0.4, -0.2) is 13.1 Å². The summed E-state index contributed by atoms with van der Waals surface area (Å²) in [4.78, 5) is 10.6. The molecule has 0 heterocycles. The van der Waals surface area contributed by atoms with E-state index in [1.165, 1.54) is 7.11 Å². The van der Waals surface area contributed by atoms with Crippen LogP contribution in [0.15, 0.2) is 0 Å². The number of hydrogen-bond donors (Lipinski definition) is 0. The zero-order chi connectivity index (χ0) is 9.94. The lowest BCUT2D eigenvalue weighted by Crippen LogP contribution is -1.98. The molecule has 0 aromatic rings. The van der Waals surface area contributed by atoms with E-state index in [-0.39, 0.29) is 5.97 Å². The van der Waals surface area contributed by atoms with Crippen LogP contribution >= 0.6 is 0 Å². The molecule has 1 radical (unpaired) electrons. The average Bonchev–Trinajstić information content (AvgIpc) is 2.16. The van der Waals surface area contributed by atoms with Gasteiger partial charge < -0.3 is 4.74 Å². The van der Waals surface area contributed by atoms with E-state index in [0.29, 0.717) is 12.8 Å². The van der Waals surface area contributed by atoms with Crippen molar-refractivity contribution in [2.24, 2.45) is 0 Å². The lowest BCUT2D eigenvalue weighted by Gasteiger charge is -1.92. The Morgan fingerprint density at radius 1 is 1.31 bits per heavy atom. The van der Waals surface area contributed by atoms with E-state index >= 15 is 0 Å². The Morgan fingerprint density at radius 3 is 2.62 bits per heavy atom. The fourth-order valence-corrected chi connectivity index (χ4v) is 0.834. The van der Waals surface area contributed by atoms with E-state index in [2.05, 4.69) is 23.5 Å². The van der Waals surface area contributed by atoms with Crippen molar-refractivity contribution in [1.29, 1.82) is 0 Å². The van der Waals surface area contributed by atoms with E-state index in [0.717, 1.165) is 25.7 Å². The quantitative estimate of drug-likeness (QED) is 0.369. The first kappa shape index (κ1) is 12.0. The van der Waals surface area contributed by atoms with Crippen LogP contribution in [0.3, 0.4) is 0 Å². The summed E-state index contributed by atoms with van der Waals surface area (Å²) in [5.74, 6) is 5.76. The molecular formula is C11H17O2. The topological polar surface area (TPSA) is 26.3 Å². The molecule has 0 aliphatic rings. The van der Waals surface area contributed by atoms with Crippen LogP contribution in [0.2, 0.25) is 0 Å². The Labute approximate surface area is 80.7 Å². The number of rotatable bonds is 5. The highest BCUT2D eigenvalue weighted by Crippen LogP contribution is 1.97. The van der Waals surface area contributed by atoms with Crippen molar-refractivity contribution < 1.29 is 9.53 Å². The number of esters is 1. The van der Waals surface area contributed by atoms with Gasteiger partial charge in [-0.25, -0.2) is 0 Å². The van der Waals surface area contributed by atoms with Crippen molar-refractivity contribution in [3.63, 3.8) is 0 Å². The van der Waals surface area contributed by atoms with Crippen molar-refractivity contribution in [2.45, 2.75) is 38.5 Å². The van der Waals surface area contributed by atoms with Gasteiger partial charge in [0, 0.05) is 12.8 Å². The monoisotopic (exact) mass is 181 g/mol. The normalized spacial score (nSPS) is 8.77. The van der Waals surface area contributed by atoms with Crippen LogP contribution in [0.5, 0.6) is 0 Å². The first-order valence-electron chi connectivity index (χ1n) is 4.63. The zero-order valence-electron chi connectivity index (χ0n) is 8.27. The molecule has 13 heavy (non-hydrogen) atoms. The number of methoxy groups -OCH3 is 1. The van der Waals surface area contributed by atoms with Crippen molar-refractivity contribution >= 4 is 5.97 Å². The smallest absolute Gasteiger partial charge is 0.306 e. The average molecular weight is 181 g/mol. The summed E-state index contributed by atoms with van der Waals surface area (Å²) in [7, 11) is 1.39. The Kier molecular flexibility index (Phi) is 8.44. The molecule has 0 aliphatic carbocycles. The van der Waals surface area contributed by atoms with Gasteiger partial charge in [0.1, 0.15) is 0 Å². The predicted octanol–water partition coefficient (Wildman–Crippen LogP) is 2.34. The van der Waals surface area contributed by atoms with Crippen molar-refractivity contribution in [2.75, 3.05) is 7.11 Å². The first-order chi connectivity index (χ1) is 6.31. The Bertz CT molecular complexity index is 186. The van der Waals surface area contributed by atoms with E-state index < -0.39 is 0 Å². The van der Waals surface area contributed by atoms with E-state index in [4.69, 9.17) is 0 Å². The molecule has 2 heteroatoms. The van der Waals surface area contributed by atoms with Gasteiger partial charge in [0.15, 0.2) is 0 Å². The number of hydrogen-bond acceptors (Lipinski definition) is 2. The minimum atomic E-state index is -0.188. The predicted molar refractivity (Wildman–Crippen MR) is 52.9 cm³/mol. The number of ether oxygens (including phenoxy) is 1. The number of carbonyl (C=O) groups excluding carboxylic acids is 1. The van der Waals surface area contributed by atoms with Crippen LogP contribution in [0.1, 0.15) is 38.5 Å². The van der Waals surface area contributed by atoms with Crippen LogP contribution in [0, 0.1) is 18.8 Å². The molecule has 0 bridgehead atoms. The van der Waals surface area contributed by atoms with Gasteiger partial charge in [0.25, 0.3) is 0 Å². The van der Waals surface area contributed by atoms with E-state index in [9.17, 15) is 4.79 Å². The molecule has 0 unspecified atom stereocenters. The Hall–Kier alpha value is -0.970. The second-order valence-corrected chi connectivity index (χ2v) is 2.74. The molecular weight excluding hydrogens is 164 g/mol. The van der Waals surface area contributed by atoms with Crippen LogP contribution in [0.25, 0.3) is 0 Å². The molecule has 0 aromatic carbocycles. The highest BCUT2D eigenvalue weighted by molar-refractivity contribution is 5.69. The SMILES string of the molecule is [CH2]CCCCC#CCCC(=O)OC. The Morgan fingerprint density at radius 2 is 2.00 bits per heavy atom. The van der Waals surface area contributed by atoms with Gasteiger partial charge >= 0.3 is 5.97 Å². The van der Waals surface area contributed by atoms with Crippen LogP contribution in [-0.2, 0) is 9.53 Å². The van der Waals surface area contributed by atoms with Gasteiger partial charge in [-0.3, -0.25) is 4.79 Å². The molecule has 0 rings (SSSR count). The summed E-state index contributed by atoms with van der Waals surface area (Å²) in [6, 6.07) is 0. The fourth-order valence-electron chi connectivity index (χ4n) is 0.834. The summed E-state index contributed by atoms with van der Waals surface area (Å²) in [6.45, 7) is 3.74. The Balaban J connectivity index is 3.25. The molecule has 0 amide bonds. The first-order valence-corrected chi connectivity index (χ1v) is 4.63. The molecule has 0 aliphatic heterocycles. The number of unbranched alkanes of at least 4 members (excludes halogenated alkanes) is 3. The van der Waals surface area contributed by atoms with Crippen molar-refractivity contribution in [3.8, 4) is 11.8 Å². The van der Waals surface area contributed by atoms with Crippen molar-refractivity contribution in [3.05, 3.63) is 6.92 Å². The third-order valence-electron chi connectivity index (χ3n) is 1.61. The van der Waals surface area contributed by atoms with E-state index in [1.807, 2.05) is 0 Å². The highest BCUT2D eigenvalue weighted by atomic mass is 16.5. The molecule has 0 fully saturated rings. The molecule has 0 spiro atoms. The largest absolute Gasteiger partial charge is 0.469 e. The van der Waals surface area contributed by atoms with Crippen molar-refractivity contribution in [1.82, 2.24) is 0 Å². The van der Waals surface area contributed by atoms with Gasteiger partial charge in [0.05, 0.1) is 13.5 Å². The molecule has 73 valence electrons. The fraction of sp³-hybridized carbons (Fsp3) is 0.636. The van der Waals surface area contributed by atoms with Crippen LogP contribution < -0.4 is 0 Å². The summed E-state index contributed by atoms with van der Waals surface area (Å²) >= 11 is 0. The lowest BCUT2D eigenvalue weighted by molar-refractivity contribution is -0.140. The molecule has 0 saturated heterocycles.